The Morgan fingerprint density at radius 1 is 1.11 bits per heavy atom. The number of aliphatic hydroxyl groups is 1. The largest absolute Gasteiger partial charge is 0.395 e. The number of anilines is 1. The summed E-state index contributed by atoms with van der Waals surface area (Å²) in [7, 11) is 0. The SMILES string of the molecule is O=C(NCCO)c1nn(CC(=O)N2[C@@H]3CC[C@@H](C3)[C@H]2C(=O)Nc2cccc(Cl)n2)c2ccccc12. The number of pyridine rings is 1. The first-order valence-corrected chi connectivity index (χ1v) is 11.9. The molecule has 1 aliphatic carbocycles. The molecule has 1 saturated heterocycles. The highest BCUT2D eigenvalue weighted by Gasteiger charge is 2.51. The zero-order valence-electron chi connectivity index (χ0n) is 18.9. The number of aromatic nitrogens is 3. The maximum Gasteiger partial charge on any atom is 0.272 e. The molecule has 3 N–H and O–H groups in total. The lowest BCUT2D eigenvalue weighted by Crippen LogP contribution is -2.52. The van der Waals surface area contributed by atoms with Gasteiger partial charge in [-0.1, -0.05) is 35.9 Å². The molecule has 3 aromatic rings. The maximum atomic E-state index is 13.5. The van der Waals surface area contributed by atoms with Gasteiger partial charge in [-0.2, -0.15) is 5.10 Å². The molecule has 0 spiro atoms. The number of para-hydroxylation sites is 1. The van der Waals surface area contributed by atoms with Crippen LogP contribution in [0.15, 0.2) is 42.5 Å². The van der Waals surface area contributed by atoms with Crippen molar-refractivity contribution in [2.75, 3.05) is 18.5 Å². The van der Waals surface area contributed by atoms with Crippen molar-refractivity contribution >= 4 is 46.0 Å². The molecule has 0 radical (unpaired) electrons. The molecule has 35 heavy (non-hydrogen) atoms. The highest BCUT2D eigenvalue weighted by atomic mass is 35.5. The number of benzene rings is 1. The highest BCUT2D eigenvalue weighted by molar-refractivity contribution is 6.29. The van der Waals surface area contributed by atoms with Crippen LogP contribution in [0, 0.1) is 5.92 Å². The Balaban J connectivity index is 1.39. The van der Waals surface area contributed by atoms with Crippen LogP contribution < -0.4 is 10.6 Å². The second kappa shape index (κ2) is 9.63. The minimum absolute atomic E-state index is 0.00952. The fraction of sp³-hybridized carbons (Fsp3) is 0.375. The van der Waals surface area contributed by atoms with Gasteiger partial charge in [0.1, 0.15) is 23.6 Å². The second-order valence-electron chi connectivity index (χ2n) is 8.81. The van der Waals surface area contributed by atoms with Crippen LogP contribution in [0.2, 0.25) is 5.15 Å². The van der Waals surface area contributed by atoms with Gasteiger partial charge in [0.05, 0.1) is 12.1 Å². The van der Waals surface area contributed by atoms with Crippen LogP contribution in [0.25, 0.3) is 10.9 Å². The van der Waals surface area contributed by atoms with E-state index >= 15 is 0 Å². The van der Waals surface area contributed by atoms with E-state index in [4.69, 9.17) is 16.7 Å². The average Bonchev–Trinajstić information content (AvgIpc) is 3.56. The monoisotopic (exact) mass is 496 g/mol. The normalized spacial score (nSPS) is 20.9. The molecule has 10 nitrogen and oxygen atoms in total. The van der Waals surface area contributed by atoms with Crippen LogP contribution in [0.4, 0.5) is 5.82 Å². The zero-order valence-corrected chi connectivity index (χ0v) is 19.6. The second-order valence-corrected chi connectivity index (χ2v) is 9.20. The van der Waals surface area contributed by atoms with E-state index in [-0.39, 0.29) is 54.3 Å². The molecule has 3 heterocycles. The Morgan fingerprint density at radius 2 is 1.94 bits per heavy atom. The van der Waals surface area contributed by atoms with Crippen molar-refractivity contribution in [1.82, 2.24) is 25.0 Å². The van der Waals surface area contributed by atoms with Crippen LogP contribution in [0.1, 0.15) is 29.8 Å². The van der Waals surface area contributed by atoms with Gasteiger partial charge in [-0.25, -0.2) is 4.98 Å². The first kappa shape index (κ1) is 23.3. The number of fused-ring (bicyclic) bond motifs is 3. The van der Waals surface area contributed by atoms with E-state index in [1.165, 1.54) is 4.68 Å². The lowest BCUT2D eigenvalue weighted by atomic mass is 9.97. The highest BCUT2D eigenvalue weighted by Crippen LogP contribution is 2.43. The number of hydrogen-bond donors (Lipinski definition) is 3. The smallest absolute Gasteiger partial charge is 0.272 e. The summed E-state index contributed by atoms with van der Waals surface area (Å²) in [6.45, 7) is -0.182. The number of carbonyl (C=O) groups excluding carboxylic acids is 3. The molecule has 1 aromatic carbocycles. The van der Waals surface area contributed by atoms with Crippen LogP contribution in [-0.4, -0.2) is 67.7 Å². The van der Waals surface area contributed by atoms with E-state index in [0.29, 0.717) is 16.7 Å². The number of piperidine rings is 1. The summed E-state index contributed by atoms with van der Waals surface area (Å²) in [6.07, 6.45) is 2.52. The Labute approximate surface area is 206 Å². The van der Waals surface area contributed by atoms with Crippen molar-refractivity contribution in [3.8, 4) is 0 Å². The topological polar surface area (TPSA) is 129 Å². The van der Waals surface area contributed by atoms with Gasteiger partial charge in [-0.05, 0) is 43.4 Å². The molecule has 1 saturated carbocycles. The van der Waals surface area contributed by atoms with Gasteiger partial charge < -0.3 is 20.6 Å². The molecule has 1 aliphatic heterocycles. The standard InChI is InChI=1S/C24H25ClN6O4/c25-18-6-3-7-19(27-18)28-24(35)22-14-8-9-15(12-14)31(22)20(33)13-30-17-5-2-1-4-16(17)21(29-30)23(34)26-10-11-32/h1-7,14-15,22,32H,8-13H2,(H,26,34)(H,27,28,35)/t14-,15+,22-/m0/s1. The van der Waals surface area contributed by atoms with Gasteiger partial charge in [-0.3, -0.25) is 19.1 Å². The fourth-order valence-corrected chi connectivity index (χ4v) is 5.40. The number of halogens is 1. The molecular weight excluding hydrogens is 472 g/mol. The third-order valence-electron chi connectivity index (χ3n) is 6.66. The van der Waals surface area contributed by atoms with Crippen molar-refractivity contribution in [1.29, 1.82) is 0 Å². The number of nitrogens with one attached hydrogen (secondary N) is 2. The summed E-state index contributed by atoms with van der Waals surface area (Å²) in [5.74, 6) is -0.513. The Kier molecular flexibility index (Phi) is 6.40. The van der Waals surface area contributed by atoms with Crippen LogP contribution in [-0.2, 0) is 16.1 Å². The molecule has 5 rings (SSSR count). The molecule has 2 fully saturated rings. The molecule has 3 amide bonds. The summed E-state index contributed by atoms with van der Waals surface area (Å²) >= 11 is 5.94. The minimum atomic E-state index is -0.601. The number of rotatable bonds is 7. The van der Waals surface area contributed by atoms with E-state index in [0.717, 1.165) is 19.3 Å². The van der Waals surface area contributed by atoms with Crippen molar-refractivity contribution in [3.05, 3.63) is 53.3 Å². The first-order valence-electron chi connectivity index (χ1n) is 11.6. The molecular formula is C24H25ClN6O4. The van der Waals surface area contributed by atoms with E-state index in [2.05, 4.69) is 20.7 Å². The van der Waals surface area contributed by atoms with Gasteiger partial charge >= 0.3 is 0 Å². The molecule has 3 atom stereocenters. The first-order chi connectivity index (χ1) is 17.0. The van der Waals surface area contributed by atoms with Crippen LogP contribution in [0.3, 0.4) is 0 Å². The van der Waals surface area contributed by atoms with E-state index in [1.807, 2.05) is 6.07 Å². The summed E-state index contributed by atoms with van der Waals surface area (Å²) < 4.78 is 1.50. The molecule has 2 aliphatic rings. The minimum Gasteiger partial charge on any atom is -0.395 e. The lowest BCUT2D eigenvalue weighted by molar-refractivity contribution is -0.141. The number of hydrogen-bond acceptors (Lipinski definition) is 6. The van der Waals surface area contributed by atoms with Crippen molar-refractivity contribution in [3.63, 3.8) is 0 Å². The summed E-state index contributed by atoms with van der Waals surface area (Å²) in [5, 5.41) is 19.7. The number of amides is 3. The molecule has 2 aromatic heterocycles. The fourth-order valence-electron chi connectivity index (χ4n) is 5.24. The van der Waals surface area contributed by atoms with Crippen molar-refractivity contribution < 1.29 is 19.5 Å². The van der Waals surface area contributed by atoms with E-state index < -0.39 is 11.9 Å². The Hall–Kier alpha value is -3.50. The third kappa shape index (κ3) is 4.46. The molecule has 182 valence electrons. The predicted octanol–water partition coefficient (Wildman–Crippen LogP) is 1.82. The Morgan fingerprint density at radius 3 is 2.74 bits per heavy atom. The van der Waals surface area contributed by atoms with Crippen LogP contribution in [0.5, 0.6) is 0 Å². The zero-order chi connectivity index (χ0) is 24.5. The van der Waals surface area contributed by atoms with E-state index in [9.17, 15) is 14.4 Å². The average molecular weight is 497 g/mol. The van der Waals surface area contributed by atoms with Gasteiger partial charge in [0.15, 0.2) is 5.69 Å². The molecule has 11 heteroatoms. The summed E-state index contributed by atoms with van der Waals surface area (Å²) in [4.78, 5) is 45.1. The van der Waals surface area contributed by atoms with Gasteiger partial charge in [0, 0.05) is 18.0 Å². The van der Waals surface area contributed by atoms with Gasteiger partial charge in [0.25, 0.3) is 5.91 Å². The molecule has 0 unspecified atom stereocenters. The predicted molar refractivity (Wildman–Crippen MR) is 129 cm³/mol. The number of likely N-dealkylation sites (tertiary alicyclic amines) is 1. The molecule has 2 bridgehead atoms. The third-order valence-corrected chi connectivity index (χ3v) is 6.87. The summed E-state index contributed by atoms with van der Waals surface area (Å²) in [6, 6.07) is 11.5. The Bertz CT molecular complexity index is 1290. The van der Waals surface area contributed by atoms with Gasteiger partial charge in [0.2, 0.25) is 11.8 Å². The van der Waals surface area contributed by atoms with Crippen molar-refractivity contribution in [2.24, 2.45) is 5.92 Å². The lowest BCUT2D eigenvalue weighted by Gasteiger charge is -2.34. The maximum absolute atomic E-state index is 13.5. The summed E-state index contributed by atoms with van der Waals surface area (Å²) in [5.41, 5.74) is 0.828. The number of carbonyl (C=O) groups is 3. The van der Waals surface area contributed by atoms with Crippen molar-refractivity contribution in [2.45, 2.75) is 37.9 Å². The number of aliphatic hydroxyl groups excluding tert-OH is 1. The quantitative estimate of drug-likeness (QED) is 0.428. The number of nitrogens with zero attached hydrogens (tertiary/aromatic N) is 4. The van der Waals surface area contributed by atoms with Gasteiger partial charge in [-0.15, -0.1) is 0 Å². The van der Waals surface area contributed by atoms with E-state index in [1.54, 1.807) is 41.3 Å². The van der Waals surface area contributed by atoms with Crippen LogP contribution >= 0.6 is 11.6 Å².